The Morgan fingerprint density at radius 3 is 2.44 bits per heavy atom. The fourth-order valence-electron chi connectivity index (χ4n) is 3.05. The van der Waals surface area contributed by atoms with E-state index in [0.29, 0.717) is 6.54 Å². The number of hydrazine groups is 1. The van der Waals surface area contributed by atoms with E-state index in [-0.39, 0.29) is 38.1 Å². The summed E-state index contributed by atoms with van der Waals surface area (Å²) in [4.78, 5) is 10.7. The smallest absolute Gasteiger partial charge is 0.216 e. The molecule has 0 unspecified atom stereocenters. The minimum Gasteiger partial charge on any atom is -0.493 e. The van der Waals surface area contributed by atoms with Gasteiger partial charge in [-0.3, -0.25) is 10.4 Å². The van der Waals surface area contributed by atoms with Crippen LogP contribution in [0.5, 0.6) is 0 Å². The fourth-order valence-corrected chi connectivity index (χ4v) is 7.65. The number of fused-ring (bicyclic) bond motifs is 1. The number of hydrogen-bond acceptors (Lipinski definition) is 8. The van der Waals surface area contributed by atoms with Gasteiger partial charge in [-0.1, -0.05) is 6.07 Å². The maximum atomic E-state index is 12.4. The van der Waals surface area contributed by atoms with E-state index in [1.165, 1.54) is 24.1 Å². The molecule has 0 saturated heterocycles. The zero-order chi connectivity index (χ0) is 18.6. The van der Waals surface area contributed by atoms with Crippen LogP contribution in [0.3, 0.4) is 0 Å². The highest BCUT2D eigenvalue weighted by atomic mass is 32.2. The average Bonchev–Trinajstić information content (AvgIpc) is 2.87. The lowest BCUT2D eigenvalue weighted by Gasteiger charge is -2.21. The molecule has 3 rings (SSSR count). The molecule has 0 aromatic heterocycles. The molecule has 134 valence electrons. The van der Waals surface area contributed by atoms with Crippen LogP contribution >= 0.6 is 0 Å². The lowest BCUT2D eigenvalue weighted by Crippen LogP contribution is -2.30. The van der Waals surface area contributed by atoms with Crippen molar-refractivity contribution in [3.8, 4) is 0 Å². The average molecular weight is 384 g/mol. The molecule has 0 aliphatic carbocycles. The number of carbonyl (C=O) groups excluding carboxylic acids is 1. The largest absolute Gasteiger partial charge is 0.493 e. The number of sulfone groups is 2. The summed E-state index contributed by atoms with van der Waals surface area (Å²) in [6.45, 7) is 3.55. The first-order valence-electron chi connectivity index (χ1n) is 7.46. The van der Waals surface area contributed by atoms with Crippen LogP contribution in [0.15, 0.2) is 33.5 Å². The molecule has 2 aliphatic rings. The van der Waals surface area contributed by atoms with E-state index in [4.69, 9.17) is 0 Å². The van der Waals surface area contributed by atoms with Gasteiger partial charge in [0.2, 0.25) is 5.88 Å². The topological polar surface area (TPSA) is 121 Å². The van der Waals surface area contributed by atoms with Crippen molar-refractivity contribution >= 4 is 31.2 Å². The Morgan fingerprint density at radius 1 is 1.20 bits per heavy atom. The Kier molecular flexibility index (Phi) is 3.94. The van der Waals surface area contributed by atoms with Crippen LogP contribution in [-0.4, -0.2) is 50.9 Å². The Morgan fingerprint density at radius 2 is 1.84 bits per heavy atom. The Balaban J connectivity index is 2.36. The van der Waals surface area contributed by atoms with Crippen molar-refractivity contribution < 1.29 is 26.7 Å². The zero-order valence-corrected chi connectivity index (χ0v) is 15.2. The summed E-state index contributed by atoms with van der Waals surface area (Å²) in [6, 6.07) is 2.61. The molecule has 0 amide bonds. The van der Waals surface area contributed by atoms with Gasteiger partial charge in [0.15, 0.2) is 31.3 Å². The van der Waals surface area contributed by atoms with Gasteiger partial charge in [-0.05, 0) is 31.0 Å². The van der Waals surface area contributed by atoms with Crippen LogP contribution in [0.1, 0.15) is 18.1 Å². The predicted octanol–water partition coefficient (Wildman–Crippen LogP) is 0.338. The van der Waals surface area contributed by atoms with Gasteiger partial charge in [-0.2, -0.15) is 0 Å². The number of rotatable bonds is 2. The normalized spacial score (nSPS) is 20.9. The SMILES string of the molecule is CCN1NC(=C=O)C(c2ccc3c(c2C)S(=O)(=O)CCS3(=O)=O)=C1O. The Hall–Kier alpha value is -2.29. The molecule has 2 heterocycles. The van der Waals surface area contributed by atoms with Gasteiger partial charge >= 0.3 is 0 Å². The van der Waals surface area contributed by atoms with Crippen LogP contribution in [0.25, 0.3) is 5.57 Å². The van der Waals surface area contributed by atoms with E-state index >= 15 is 0 Å². The first-order valence-corrected chi connectivity index (χ1v) is 10.8. The summed E-state index contributed by atoms with van der Waals surface area (Å²) in [6.07, 6.45) is 0. The van der Waals surface area contributed by atoms with Gasteiger partial charge in [0.1, 0.15) is 0 Å². The highest BCUT2D eigenvalue weighted by molar-refractivity contribution is 7.98. The quantitative estimate of drug-likeness (QED) is 0.700. The molecule has 1 aromatic carbocycles. The minimum atomic E-state index is -3.78. The zero-order valence-electron chi connectivity index (χ0n) is 13.5. The van der Waals surface area contributed by atoms with Crippen LogP contribution in [0.2, 0.25) is 0 Å². The van der Waals surface area contributed by atoms with Crippen molar-refractivity contribution in [1.29, 1.82) is 0 Å². The molecule has 1 aromatic rings. The van der Waals surface area contributed by atoms with E-state index in [0.717, 1.165) is 0 Å². The van der Waals surface area contributed by atoms with Gasteiger partial charge in [0, 0.05) is 6.54 Å². The first kappa shape index (κ1) is 17.5. The van der Waals surface area contributed by atoms with E-state index in [9.17, 15) is 26.7 Å². The van der Waals surface area contributed by atoms with E-state index in [2.05, 4.69) is 5.43 Å². The first-order chi connectivity index (χ1) is 11.6. The summed E-state index contributed by atoms with van der Waals surface area (Å²) in [7, 11) is -7.47. The third-order valence-corrected chi connectivity index (χ3v) is 8.33. The van der Waals surface area contributed by atoms with Gasteiger partial charge in [-0.15, -0.1) is 0 Å². The number of nitrogens with zero attached hydrogens (tertiary/aromatic N) is 1. The number of aliphatic hydroxyl groups excluding tert-OH is 1. The second kappa shape index (κ2) is 5.62. The van der Waals surface area contributed by atoms with Gasteiger partial charge < -0.3 is 5.11 Å². The molecule has 0 spiro atoms. The second-order valence-electron chi connectivity index (χ2n) is 5.73. The molecule has 0 radical (unpaired) electrons. The molecule has 2 aliphatic heterocycles. The predicted molar refractivity (Wildman–Crippen MR) is 89.6 cm³/mol. The van der Waals surface area contributed by atoms with Crippen LogP contribution in [-0.2, 0) is 24.5 Å². The summed E-state index contributed by atoms with van der Waals surface area (Å²) < 4.78 is 49.3. The summed E-state index contributed by atoms with van der Waals surface area (Å²) in [5.74, 6) is 0.478. The van der Waals surface area contributed by atoms with Gasteiger partial charge in [0.25, 0.3) is 0 Å². The van der Waals surface area contributed by atoms with Crippen LogP contribution < -0.4 is 5.43 Å². The van der Waals surface area contributed by atoms with Crippen LogP contribution in [0, 0.1) is 6.92 Å². The van der Waals surface area contributed by atoms with Crippen molar-refractivity contribution in [2.75, 3.05) is 18.1 Å². The maximum Gasteiger partial charge on any atom is 0.216 e. The molecule has 0 atom stereocenters. The van der Waals surface area contributed by atoms with Gasteiger partial charge in [-0.25, -0.2) is 21.6 Å². The summed E-state index contributed by atoms with van der Waals surface area (Å²) in [5, 5.41) is 11.6. The summed E-state index contributed by atoms with van der Waals surface area (Å²) in [5.41, 5.74) is 3.16. The van der Waals surface area contributed by atoms with Crippen LogP contribution in [0.4, 0.5) is 0 Å². The molecule has 8 nitrogen and oxygen atoms in total. The standard InChI is InChI=1S/C15H16N2O6S2/c1-3-17-15(19)13(11(8-18)16-17)10-4-5-12-14(9(10)2)25(22,23)7-6-24(12,20)21/h4-5,16,19H,3,6-7H2,1-2H3. The number of allylic oxidation sites excluding steroid dienone is 1. The third kappa shape index (κ3) is 2.53. The molecule has 0 bridgehead atoms. The Labute approximate surface area is 145 Å². The third-order valence-electron chi connectivity index (χ3n) is 4.30. The minimum absolute atomic E-state index is 0.0431. The van der Waals surface area contributed by atoms with Crippen molar-refractivity contribution in [2.45, 2.75) is 23.6 Å². The molecule has 0 saturated carbocycles. The van der Waals surface area contributed by atoms with Crippen molar-refractivity contribution in [3.05, 3.63) is 34.8 Å². The maximum absolute atomic E-state index is 12.4. The monoisotopic (exact) mass is 384 g/mol. The highest BCUT2D eigenvalue weighted by Crippen LogP contribution is 2.38. The molecule has 25 heavy (non-hydrogen) atoms. The molecule has 2 N–H and O–H groups in total. The van der Waals surface area contributed by atoms with E-state index in [1.54, 1.807) is 12.9 Å². The van der Waals surface area contributed by atoms with Crippen molar-refractivity contribution in [2.24, 2.45) is 0 Å². The lowest BCUT2D eigenvalue weighted by atomic mass is 9.99. The Bertz CT molecular complexity index is 1060. The van der Waals surface area contributed by atoms with Crippen molar-refractivity contribution in [3.63, 3.8) is 0 Å². The molecule has 0 fully saturated rings. The second-order valence-corrected chi connectivity index (χ2v) is 9.86. The van der Waals surface area contributed by atoms with E-state index < -0.39 is 31.2 Å². The van der Waals surface area contributed by atoms with E-state index in [1.807, 2.05) is 0 Å². The molecular formula is C15H16N2O6S2. The lowest BCUT2D eigenvalue weighted by molar-refractivity contribution is 0.188. The molecular weight excluding hydrogens is 368 g/mol. The van der Waals surface area contributed by atoms with Gasteiger partial charge in [0.05, 0.1) is 26.9 Å². The summed E-state index contributed by atoms with van der Waals surface area (Å²) >= 11 is 0. The fraction of sp³-hybridized carbons (Fsp3) is 0.333. The number of nitrogens with one attached hydrogen (secondary N) is 1. The highest BCUT2D eigenvalue weighted by Gasteiger charge is 2.37. The number of aliphatic hydroxyl groups is 1. The van der Waals surface area contributed by atoms with Crippen molar-refractivity contribution in [1.82, 2.24) is 10.4 Å². The number of hydrogen-bond donors (Lipinski definition) is 2. The number of benzene rings is 1. The molecule has 10 heteroatoms.